The van der Waals surface area contributed by atoms with Crippen LogP contribution >= 0.6 is 31.9 Å². The number of hydrogen-bond donors (Lipinski definition) is 0. The SMILES string of the molecule is Brc1ccc2c(c1)-c1cc(Br)ccc1[Si]2. The maximum atomic E-state index is 3.53. The van der Waals surface area contributed by atoms with Crippen LogP contribution in [0, 0.1) is 0 Å². The Labute approximate surface area is 108 Å². The Bertz CT molecular complexity index is 500. The summed E-state index contributed by atoms with van der Waals surface area (Å²) < 4.78 is 2.30. The first-order valence-corrected chi connectivity index (χ1v) is 7.19. The molecule has 2 aromatic carbocycles. The fraction of sp³-hybridized carbons (Fsp3) is 0. The predicted molar refractivity (Wildman–Crippen MR) is 72.3 cm³/mol. The molecule has 0 saturated carbocycles. The molecule has 2 aromatic rings. The van der Waals surface area contributed by atoms with Crippen molar-refractivity contribution < 1.29 is 0 Å². The summed E-state index contributed by atoms with van der Waals surface area (Å²) in [5.41, 5.74) is 2.75. The summed E-state index contributed by atoms with van der Waals surface area (Å²) in [6.45, 7) is 0. The first-order valence-electron chi connectivity index (χ1n) is 4.60. The summed E-state index contributed by atoms with van der Waals surface area (Å²) in [6, 6.07) is 13.1. The average Bonchev–Trinajstić information content (AvgIpc) is 2.56. The lowest BCUT2D eigenvalue weighted by atomic mass is 10.1. The lowest BCUT2D eigenvalue weighted by Crippen LogP contribution is -2.20. The summed E-state index contributed by atoms with van der Waals surface area (Å²) in [6.07, 6.45) is 0. The molecule has 15 heavy (non-hydrogen) atoms. The molecule has 0 bridgehead atoms. The van der Waals surface area contributed by atoms with Gasteiger partial charge in [-0.3, -0.25) is 0 Å². The molecule has 0 atom stereocenters. The fourth-order valence-electron chi connectivity index (χ4n) is 1.84. The third kappa shape index (κ3) is 1.63. The van der Waals surface area contributed by atoms with Crippen LogP contribution in [0.1, 0.15) is 0 Å². The van der Waals surface area contributed by atoms with Gasteiger partial charge in [0.05, 0.1) is 0 Å². The van der Waals surface area contributed by atoms with Gasteiger partial charge in [0.25, 0.3) is 0 Å². The van der Waals surface area contributed by atoms with E-state index in [-0.39, 0.29) is 0 Å². The maximum absolute atomic E-state index is 3.53. The largest absolute Gasteiger partial charge is 0.123 e. The minimum absolute atomic E-state index is 0.802. The monoisotopic (exact) mass is 336 g/mol. The minimum atomic E-state index is 0.802. The van der Waals surface area contributed by atoms with Crippen LogP contribution < -0.4 is 10.4 Å². The van der Waals surface area contributed by atoms with Gasteiger partial charge in [0.15, 0.2) is 0 Å². The van der Waals surface area contributed by atoms with E-state index in [0.29, 0.717) is 0 Å². The zero-order chi connectivity index (χ0) is 10.4. The summed E-state index contributed by atoms with van der Waals surface area (Å²) in [4.78, 5) is 0. The van der Waals surface area contributed by atoms with Gasteiger partial charge in [-0.15, -0.1) is 0 Å². The molecule has 0 spiro atoms. The Morgan fingerprint density at radius 3 is 1.67 bits per heavy atom. The second kappa shape index (κ2) is 3.58. The molecule has 1 aliphatic rings. The summed E-state index contributed by atoms with van der Waals surface area (Å²) in [5, 5.41) is 2.90. The van der Waals surface area contributed by atoms with Gasteiger partial charge in [0.1, 0.15) is 9.52 Å². The Balaban J connectivity index is 2.28. The molecule has 0 aliphatic carbocycles. The Morgan fingerprint density at radius 2 is 1.20 bits per heavy atom. The Kier molecular flexibility index (Phi) is 2.34. The second-order valence-electron chi connectivity index (χ2n) is 3.50. The van der Waals surface area contributed by atoms with Gasteiger partial charge in [0, 0.05) is 8.95 Å². The van der Waals surface area contributed by atoms with Crippen molar-refractivity contribution >= 4 is 51.8 Å². The topological polar surface area (TPSA) is 0 Å². The average molecular weight is 338 g/mol. The highest BCUT2D eigenvalue weighted by molar-refractivity contribution is 9.10. The van der Waals surface area contributed by atoms with E-state index in [2.05, 4.69) is 68.3 Å². The molecule has 0 fully saturated rings. The van der Waals surface area contributed by atoms with Crippen molar-refractivity contribution in [2.45, 2.75) is 0 Å². The fourth-order valence-corrected chi connectivity index (χ4v) is 3.87. The van der Waals surface area contributed by atoms with Crippen molar-refractivity contribution in [3.8, 4) is 11.1 Å². The van der Waals surface area contributed by atoms with Gasteiger partial charge in [-0.2, -0.15) is 0 Å². The van der Waals surface area contributed by atoms with E-state index in [9.17, 15) is 0 Å². The van der Waals surface area contributed by atoms with Crippen LogP contribution in [-0.4, -0.2) is 9.52 Å². The molecule has 1 aliphatic heterocycles. The lowest BCUT2D eigenvalue weighted by molar-refractivity contribution is 1.64. The molecule has 0 aromatic heterocycles. The zero-order valence-corrected chi connectivity index (χ0v) is 11.9. The predicted octanol–water partition coefficient (Wildman–Crippen LogP) is 2.85. The summed E-state index contributed by atoms with van der Waals surface area (Å²) in [5.74, 6) is 0. The number of halogens is 2. The third-order valence-corrected chi connectivity index (χ3v) is 4.92. The first kappa shape index (κ1) is 9.82. The maximum Gasteiger partial charge on any atom is 0.123 e. The van der Waals surface area contributed by atoms with Crippen LogP contribution in [0.2, 0.25) is 0 Å². The van der Waals surface area contributed by atoms with Crippen LogP contribution in [0.25, 0.3) is 11.1 Å². The quantitative estimate of drug-likeness (QED) is 0.553. The zero-order valence-electron chi connectivity index (χ0n) is 7.72. The number of hydrogen-bond acceptors (Lipinski definition) is 0. The van der Waals surface area contributed by atoms with E-state index in [1.165, 1.54) is 21.5 Å². The van der Waals surface area contributed by atoms with E-state index in [0.717, 1.165) is 18.5 Å². The van der Waals surface area contributed by atoms with Crippen molar-refractivity contribution in [1.82, 2.24) is 0 Å². The molecular formula is C12H6Br2Si. The van der Waals surface area contributed by atoms with Crippen molar-refractivity contribution in [3.63, 3.8) is 0 Å². The van der Waals surface area contributed by atoms with E-state index >= 15 is 0 Å². The van der Waals surface area contributed by atoms with Gasteiger partial charge in [0.2, 0.25) is 0 Å². The van der Waals surface area contributed by atoms with Crippen LogP contribution in [0.5, 0.6) is 0 Å². The van der Waals surface area contributed by atoms with E-state index in [1.807, 2.05) is 0 Å². The molecule has 72 valence electrons. The normalized spacial score (nSPS) is 12.4. The summed E-state index contributed by atoms with van der Waals surface area (Å²) in [7, 11) is 0.802. The van der Waals surface area contributed by atoms with Gasteiger partial charge in [-0.25, -0.2) is 0 Å². The van der Waals surface area contributed by atoms with Gasteiger partial charge >= 0.3 is 0 Å². The molecular weight excluding hydrogens is 332 g/mol. The molecule has 2 radical (unpaired) electrons. The summed E-state index contributed by atoms with van der Waals surface area (Å²) >= 11 is 7.05. The molecule has 3 rings (SSSR count). The highest BCUT2D eigenvalue weighted by Crippen LogP contribution is 2.25. The molecule has 0 saturated heterocycles. The molecule has 1 heterocycles. The number of fused-ring (bicyclic) bond motifs is 3. The lowest BCUT2D eigenvalue weighted by Gasteiger charge is -2.02. The van der Waals surface area contributed by atoms with E-state index in [4.69, 9.17) is 0 Å². The third-order valence-electron chi connectivity index (χ3n) is 2.52. The smallest absolute Gasteiger partial charge is 0.0614 e. The van der Waals surface area contributed by atoms with Crippen molar-refractivity contribution in [1.29, 1.82) is 0 Å². The molecule has 0 unspecified atom stereocenters. The van der Waals surface area contributed by atoms with Crippen molar-refractivity contribution in [2.75, 3.05) is 0 Å². The molecule has 0 nitrogen and oxygen atoms in total. The molecule has 3 heteroatoms. The Hall–Kier alpha value is -0.383. The van der Waals surface area contributed by atoms with Crippen LogP contribution in [-0.2, 0) is 0 Å². The van der Waals surface area contributed by atoms with Crippen LogP contribution in [0.3, 0.4) is 0 Å². The highest BCUT2D eigenvalue weighted by Gasteiger charge is 2.19. The minimum Gasteiger partial charge on any atom is -0.0614 e. The number of rotatable bonds is 0. The van der Waals surface area contributed by atoms with Crippen LogP contribution in [0.4, 0.5) is 0 Å². The van der Waals surface area contributed by atoms with Crippen LogP contribution in [0.15, 0.2) is 45.3 Å². The molecule has 0 amide bonds. The van der Waals surface area contributed by atoms with Gasteiger partial charge < -0.3 is 0 Å². The first-order chi connectivity index (χ1) is 7.24. The Morgan fingerprint density at radius 1 is 0.733 bits per heavy atom. The number of benzene rings is 2. The van der Waals surface area contributed by atoms with Crippen molar-refractivity contribution in [2.24, 2.45) is 0 Å². The van der Waals surface area contributed by atoms with Gasteiger partial charge in [-0.1, -0.05) is 54.4 Å². The van der Waals surface area contributed by atoms with Crippen molar-refractivity contribution in [3.05, 3.63) is 45.3 Å². The second-order valence-corrected chi connectivity index (χ2v) is 6.66. The molecule has 0 N–H and O–H groups in total. The van der Waals surface area contributed by atoms with E-state index < -0.39 is 0 Å². The standard InChI is InChI=1S/C12H6Br2Si/c13-7-1-3-11-9(5-7)10-6-8(14)2-4-12(10)15-11/h1-6H. The van der Waals surface area contributed by atoms with E-state index in [1.54, 1.807) is 0 Å². The highest BCUT2D eigenvalue weighted by atomic mass is 79.9. The van der Waals surface area contributed by atoms with Gasteiger partial charge in [-0.05, 0) is 35.4 Å².